The second-order valence-corrected chi connectivity index (χ2v) is 38.4. The van der Waals surface area contributed by atoms with Crippen molar-refractivity contribution in [2.75, 3.05) is 0 Å². The molecule has 0 unspecified atom stereocenters. The number of nitrogens with zero attached hydrogens (tertiary/aromatic N) is 3. The van der Waals surface area contributed by atoms with E-state index < -0.39 is 0 Å². The van der Waals surface area contributed by atoms with Crippen molar-refractivity contribution in [3.8, 4) is 83.8 Å². The largest absolute Gasteiger partial charge is 0.309 e. The maximum absolute atomic E-state index is 2.47. The molecule has 0 atom stereocenters. The number of hydrogen-bond donors (Lipinski definition) is 0. The number of benzene rings is 27. The Balaban J connectivity index is 0.000000105. The van der Waals surface area contributed by atoms with Gasteiger partial charge in [-0.3, -0.25) is 0 Å². The van der Waals surface area contributed by atoms with Crippen LogP contribution < -0.4 is 0 Å². The molecular formula is C140H91N3. The lowest BCUT2D eigenvalue weighted by Crippen LogP contribution is -1.95. The van der Waals surface area contributed by atoms with Gasteiger partial charge in [-0.1, -0.05) is 454 Å². The molecule has 0 radical (unpaired) electrons. The standard InChI is InChI=1S/2C47H31N.C46H29N/c1-30-19-26-40-41(29-30)45(33-13-3-2-4-14-33)39-18-10-9-17-38(39)44(40)34-20-24-35(25-21-34)48-42-27-22-31-11-5-7-15-36(31)46(42)47-37-16-8-6-12-32(37)23-28-43(47)48;1-30-19-26-40-41(29-30)45(39-18-10-9-17-38(39)44(40)33-13-3-2-4-14-33)34-20-24-35(25-21-34)48-42-27-22-31-11-5-7-15-36(31)46(42)47-37-16-8-6-12-32(37)23-28-43(47)48;1-2-15-32(16-3-1)43-37-21-8-10-23-39(37)44(40-24-11-9-22-38(40)43)33-17-12-18-34(29-33)47-41-27-25-30-13-4-6-19-35(30)45(41)46-36-20-7-5-14-31(36)26-28-42(46)47/h2*2-29H,1H3;1-29H. The summed E-state index contributed by atoms with van der Waals surface area (Å²) in [6, 6.07) is 190. The van der Waals surface area contributed by atoms with Crippen LogP contribution in [0.1, 0.15) is 11.1 Å². The summed E-state index contributed by atoms with van der Waals surface area (Å²) in [5, 5.41) is 38.5. The van der Waals surface area contributed by atoms with E-state index in [1.807, 2.05) is 0 Å². The number of rotatable bonds is 9. The Hall–Kier alpha value is -18.5. The summed E-state index contributed by atoms with van der Waals surface area (Å²) in [7, 11) is 0. The van der Waals surface area contributed by atoms with E-state index in [1.54, 1.807) is 0 Å². The summed E-state index contributed by atoms with van der Waals surface area (Å²) in [5.41, 5.74) is 28.5. The van der Waals surface area contributed by atoms with Crippen molar-refractivity contribution in [2.45, 2.75) is 13.8 Å². The van der Waals surface area contributed by atoms with Crippen LogP contribution in [0.5, 0.6) is 0 Å². The zero-order valence-corrected chi connectivity index (χ0v) is 78.9. The third-order valence-electron chi connectivity index (χ3n) is 30.3. The third-order valence-corrected chi connectivity index (χ3v) is 30.3. The molecule has 0 N–H and O–H groups in total. The van der Waals surface area contributed by atoms with Crippen LogP contribution >= 0.6 is 0 Å². The lowest BCUT2D eigenvalue weighted by atomic mass is 9.85. The zero-order chi connectivity index (χ0) is 94.4. The van der Waals surface area contributed by atoms with E-state index in [4.69, 9.17) is 0 Å². The van der Waals surface area contributed by atoms with Gasteiger partial charge < -0.3 is 13.7 Å². The van der Waals surface area contributed by atoms with E-state index in [0.717, 1.165) is 17.1 Å². The Morgan fingerprint density at radius 1 is 0.119 bits per heavy atom. The summed E-state index contributed by atoms with van der Waals surface area (Å²) < 4.78 is 7.37. The Labute approximate surface area is 826 Å². The van der Waals surface area contributed by atoms with Gasteiger partial charge in [-0.05, 0) is 283 Å². The highest BCUT2D eigenvalue weighted by Gasteiger charge is 2.27. The quantitative estimate of drug-likeness (QED) is 0.128. The number of aryl methyl sites for hydroxylation is 2. The molecule has 143 heavy (non-hydrogen) atoms. The maximum Gasteiger partial charge on any atom is 0.0547 e. The monoisotopic (exact) mass is 1810 g/mol. The molecule has 3 aromatic heterocycles. The minimum absolute atomic E-state index is 1.16. The van der Waals surface area contributed by atoms with Crippen molar-refractivity contribution < 1.29 is 0 Å². The van der Waals surface area contributed by atoms with Crippen molar-refractivity contribution in [1.82, 2.24) is 13.7 Å². The molecule has 0 saturated carbocycles. The summed E-state index contributed by atoms with van der Waals surface area (Å²) in [6.45, 7) is 4.38. The normalized spacial score (nSPS) is 11.8. The first kappa shape index (κ1) is 82.7. The van der Waals surface area contributed by atoms with E-state index >= 15 is 0 Å². The van der Waals surface area contributed by atoms with Gasteiger partial charge in [0.2, 0.25) is 0 Å². The van der Waals surface area contributed by atoms with Crippen LogP contribution in [0.25, 0.3) is 279 Å². The van der Waals surface area contributed by atoms with Gasteiger partial charge in [0.05, 0.1) is 33.1 Å². The minimum Gasteiger partial charge on any atom is -0.309 e. The predicted molar refractivity (Wildman–Crippen MR) is 615 cm³/mol. The SMILES string of the molecule is Cc1ccc2c(-c3ccc(-n4c5ccc6ccccc6c5c5c6ccccc6ccc54)cc3)c3ccccc3c(-c3ccccc3)c2c1.Cc1ccc2c(-c3ccccc3)c3ccccc3c(-c3ccc(-n4c5ccc6ccccc6c5c5c6ccccc6ccc54)cc3)c2c1.c1ccc(-c2c3ccccc3c(-c3cccc(-n4c5ccc6ccccc6c5c5c6ccccc6ccc54)c3)c3ccccc23)cc1. The molecule has 0 aliphatic rings. The van der Waals surface area contributed by atoms with Gasteiger partial charge >= 0.3 is 0 Å². The van der Waals surface area contributed by atoms with Crippen LogP contribution in [0.3, 0.4) is 0 Å². The first-order valence-electron chi connectivity index (χ1n) is 49.7. The second kappa shape index (κ2) is 33.7. The first-order chi connectivity index (χ1) is 70.8. The topological polar surface area (TPSA) is 14.8 Å². The Bertz CT molecular complexity index is 10100. The molecule has 27 aromatic carbocycles. The van der Waals surface area contributed by atoms with Crippen LogP contribution in [0.15, 0.2) is 516 Å². The van der Waals surface area contributed by atoms with E-state index in [9.17, 15) is 0 Å². The van der Waals surface area contributed by atoms with Gasteiger partial charge in [0.15, 0.2) is 0 Å². The molecule has 30 rings (SSSR count). The average molecular weight is 1820 g/mol. The van der Waals surface area contributed by atoms with E-state index in [2.05, 4.69) is 543 Å². The van der Waals surface area contributed by atoms with Crippen molar-refractivity contribution >= 4 is 195 Å². The van der Waals surface area contributed by atoms with E-state index in [1.165, 1.54) is 273 Å². The van der Waals surface area contributed by atoms with E-state index in [-0.39, 0.29) is 0 Å². The summed E-state index contributed by atoms with van der Waals surface area (Å²) >= 11 is 0. The molecule has 666 valence electrons. The Kier molecular flexibility index (Phi) is 19.5. The Morgan fingerprint density at radius 3 is 0.573 bits per heavy atom. The number of hydrogen-bond acceptors (Lipinski definition) is 0. The smallest absolute Gasteiger partial charge is 0.0547 e. The molecule has 3 nitrogen and oxygen atoms in total. The summed E-state index contributed by atoms with van der Waals surface area (Å²) in [5.74, 6) is 0. The van der Waals surface area contributed by atoms with Crippen LogP contribution in [-0.4, -0.2) is 13.7 Å². The van der Waals surface area contributed by atoms with Crippen molar-refractivity contribution in [1.29, 1.82) is 0 Å². The number of fused-ring (bicyclic) bond motifs is 27. The summed E-state index contributed by atoms with van der Waals surface area (Å²) in [4.78, 5) is 0. The molecule has 0 aliphatic carbocycles. The van der Waals surface area contributed by atoms with Crippen LogP contribution in [-0.2, 0) is 0 Å². The fourth-order valence-corrected chi connectivity index (χ4v) is 24.2. The molecule has 0 spiro atoms. The van der Waals surface area contributed by atoms with Crippen molar-refractivity contribution in [3.63, 3.8) is 0 Å². The molecule has 3 heterocycles. The lowest BCUT2D eigenvalue weighted by Gasteiger charge is -2.18. The van der Waals surface area contributed by atoms with Crippen molar-refractivity contribution in [2.24, 2.45) is 0 Å². The van der Waals surface area contributed by atoms with Gasteiger partial charge in [-0.2, -0.15) is 0 Å². The molecule has 30 aromatic rings. The Morgan fingerprint density at radius 2 is 0.315 bits per heavy atom. The number of aromatic nitrogens is 3. The van der Waals surface area contributed by atoms with E-state index in [0.29, 0.717) is 0 Å². The molecular weight excluding hydrogens is 1720 g/mol. The third kappa shape index (κ3) is 13.3. The second-order valence-electron chi connectivity index (χ2n) is 38.4. The predicted octanol–water partition coefficient (Wildman–Crippen LogP) is 38.8. The highest BCUT2D eigenvalue weighted by Crippen LogP contribution is 2.52. The molecule has 0 aliphatic heterocycles. The van der Waals surface area contributed by atoms with Crippen LogP contribution in [0, 0.1) is 13.8 Å². The van der Waals surface area contributed by atoms with Crippen molar-refractivity contribution in [3.05, 3.63) is 527 Å². The molecule has 0 fully saturated rings. The molecule has 0 amide bonds. The first-order valence-corrected chi connectivity index (χ1v) is 49.7. The highest BCUT2D eigenvalue weighted by molar-refractivity contribution is 6.33. The highest BCUT2D eigenvalue weighted by atomic mass is 15.0. The fourth-order valence-electron chi connectivity index (χ4n) is 24.2. The van der Waals surface area contributed by atoms with Gasteiger partial charge in [-0.15, -0.1) is 0 Å². The van der Waals surface area contributed by atoms with Gasteiger partial charge in [0.1, 0.15) is 0 Å². The van der Waals surface area contributed by atoms with Gasteiger partial charge in [0, 0.05) is 49.4 Å². The fraction of sp³-hybridized carbons (Fsp3) is 0.0143. The minimum atomic E-state index is 1.16. The van der Waals surface area contributed by atoms with Crippen LogP contribution in [0.2, 0.25) is 0 Å². The van der Waals surface area contributed by atoms with Crippen LogP contribution in [0.4, 0.5) is 0 Å². The molecule has 0 saturated heterocycles. The maximum atomic E-state index is 2.47. The summed E-state index contributed by atoms with van der Waals surface area (Å²) in [6.07, 6.45) is 0. The molecule has 0 bridgehead atoms. The molecule has 3 heteroatoms. The average Bonchev–Trinajstić information content (AvgIpc) is 1.58. The lowest BCUT2D eigenvalue weighted by molar-refractivity contribution is 1.18. The van der Waals surface area contributed by atoms with Gasteiger partial charge in [0.25, 0.3) is 0 Å². The zero-order valence-electron chi connectivity index (χ0n) is 78.9. The van der Waals surface area contributed by atoms with Gasteiger partial charge in [-0.25, -0.2) is 0 Å².